The van der Waals surface area contributed by atoms with Crippen LogP contribution in [0.3, 0.4) is 0 Å². The third-order valence-electron chi connectivity index (χ3n) is 6.05. The molecule has 3 aromatic carbocycles. The Bertz CT molecular complexity index is 1590. The van der Waals surface area contributed by atoms with Crippen LogP contribution in [0.25, 0.3) is 22.3 Å². The first kappa shape index (κ1) is 26.4. The molecule has 38 heavy (non-hydrogen) atoms. The highest BCUT2D eigenvalue weighted by molar-refractivity contribution is 5.83. The van der Waals surface area contributed by atoms with Crippen molar-refractivity contribution in [2.24, 2.45) is 5.10 Å². The molecule has 0 atom stereocenters. The minimum absolute atomic E-state index is 0.183. The number of carbonyl (C=O) groups is 1. The zero-order valence-corrected chi connectivity index (χ0v) is 21.9. The van der Waals surface area contributed by atoms with Crippen molar-refractivity contribution in [3.63, 3.8) is 0 Å². The number of fused-ring (bicyclic) bond motifs is 1. The molecule has 0 fully saturated rings. The molecule has 0 bridgehead atoms. The minimum Gasteiger partial charge on any atom is -0.496 e. The third kappa shape index (κ3) is 5.36. The summed E-state index contributed by atoms with van der Waals surface area (Å²) in [5, 5.41) is 13.9. The fraction of sp³-hybridized carbons (Fsp3) is 0.241. The lowest BCUT2D eigenvalue weighted by molar-refractivity contribution is -0.139. The van der Waals surface area contributed by atoms with Gasteiger partial charge in [0, 0.05) is 5.56 Å². The van der Waals surface area contributed by atoms with Crippen molar-refractivity contribution in [2.75, 3.05) is 20.8 Å². The summed E-state index contributed by atoms with van der Waals surface area (Å²) in [6.07, 6.45) is 1.52. The molecule has 0 amide bonds. The van der Waals surface area contributed by atoms with E-state index in [4.69, 9.17) is 24.3 Å². The maximum atomic E-state index is 13.6. The average molecular weight is 516 g/mol. The number of rotatable bonds is 9. The van der Waals surface area contributed by atoms with Gasteiger partial charge in [-0.1, -0.05) is 26.0 Å². The fourth-order valence-electron chi connectivity index (χ4n) is 4.12. The van der Waals surface area contributed by atoms with E-state index in [2.05, 4.69) is 18.9 Å². The number of aromatic nitrogens is 2. The number of methoxy groups -OCH3 is 2. The van der Waals surface area contributed by atoms with Gasteiger partial charge in [-0.15, -0.1) is 0 Å². The van der Waals surface area contributed by atoms with Gasteiger partial charge in [-0.25, -0.2) is 9.78 Å². The van der Waals surface area contributed by atoms with E-state index in [-0.39, 0.29) is 17.2 Å². The van der Waals surface area contributed by atoms with Gasteiger partial charge in [0.2, 0.25) is 0 Å². The van der Waals surface area contributed by atoms with Crippen LogP contribution in [-0.4, -0.2) is 47.8 Å². The van der Waals surface area contributed by atoms with Crippen LogP contribution in [0.5, 0.6) is 17.2 Å². The normalized spacial score (nSPS) is 11.3. The summed E-state index contributed by atoms with van der Waals surface area (Å²) >= 11 is 0. The molecule has 9 heteroatoms. The predicted octanol–water partition coefficient (Wildman–Crippen LogP) is 4.86. The Balaban J connectivity index is 1.87. The number of nitrogens with zero attached hydrogens (tertiary/aromatic N) is 3. The molecular formula is C29H29N3O6. The van der Waals surface area contributed by atoms with Gasteiger partial charge in [-0.3, -0.25) is 4.79 Å². The second kappa shape index (κ2) is 11.2. The highest BCUT2D eigenvalue weighted by atomic mass is 16.5. The topological polar surface area (TPSA) is 112 Å². The highest BCUT2D eigenvalue weighted by Gasteiger charge is 2.18. The lowest BCUT2D eigenvalue weighted by Gasteiger charge is -2.17. The summed E-state index contributed by atoms with van der Waals surface area (Å²) in [4.78, 5) is 29.3. The lowest BCUT2D eigenvalue weighted by Crippen LogP contribution is -2.20. The number of carboxylic acid groups (broad SMARTS) is 1. The Hall–Kier alpha value is -4.66. The van der Waals surface area contributed by atoms with Crippen molar-refractivity contribution in [3.05, 3.63) is 81.6 Å². The van der Waals surface area contributed by atoms with Gasteiger partial charge >= 0.3 is 5.97 Å². The van der Waals surface area contributed by atoms with E-state index in [1.165, 1.54) is 18.0 Å². The Morgan fingerprint density at radius 2 is 1.79 bits per heavy atom. The molecule has 4 aromatic rings. The van der Waals surface area contributed by atoms with Crippen molar-refractivity contribution in [1.29, 1.82) is 0 Å². The quantitative estimate of drug-likeness (QED) is 0.317. The summed E-state index contributed by atoms with van der Waals surface area (Å²) < 4.78 is 17.5. The second-order valence-electron chi connectivity index (χ2n) is 8.97. The number of ether oxygens (including phenoxy) is 3. The molecule has 0 aliphatic heterocycles. The zero-order valence-electron chi connectivity index (χ0n) is 21.9. The average Bonchev–Trinajstić information content (AvgIpc) is 2.91. The van der Waals surface area contributed by atoms with Gasteiger partial charge in [-0.05, 0) is 72.0 Å². The van der Waals surface area contributed by atoms with E-state index < -0.39 is 12.6 Å². The van der Waals surface area contributed by atoms with Crippen molar-refractivity contribution in [1.82, 2.24) is 9.66 Å². The molecule has 0 spiro atoms. The first-order valence-corrected chi connectivity index (χ1v) is 12.0. The number of hydrogen-bond donors (Lipinski definition) is 1. The number of aliphatic carboxylic acids is 1. The van der Waals surface area contributed by atoms with E-state index in [0.717, 1.165) is 22.4 Å². The summed E-state index contributed by atoms with van der Waals surface area (Å²) in [5.74, 6) is 0.891. The molecule has 0 radical (unpaired) electrons. The maximum absolute atomic E-state index is 13.6. The largest absolute Gasteiger partial charge is 0.496 e. The van der Waals surface area contributed by atoms with Crippen LogP contribution in [0, 0.1) is 6.92 Å². The van der Waals surface area contributed by atoms with Crippen LogP contribution in [0.4, 0.5) is 0 Å². The van der Waals surface area contributed by atoms with Crippen LogP contribution in [0.2, 0.25) is 0 Å². The van der Waals surface area contributed by atoms with E-state index in [9.17, 15) is 9.59 Å². The highest BCUT2D eigenvalue weighted by Crippen LogP contribution is 2.34. The molecule has 0 aliphatic rings. The fourth-order valence-corrected chi connectivity index (χ4v) is 4.12. The Kier molecular flexibility index (Phi) is 7.76. The monoisotopic (exact) mass is 515 g/mol. The van der Waals surface area contributed by atoms with Crippen molar-refractivity contribution in [3.8, 4) is 28.6 Å². The lowest BCUT2D eigenvalue weighted by atomic mass is 9.96. The van der Waals surface area contributed by atoms with E-state index in [0.29, 0.717) is 28.0 Å². The first-order chi connectivity index (χ1) is 18.2. The van der Waals surface area contributed by atoms with Crippen LogP contribution in [0.1, 0.15) is 36.5 Å². The van der Waals surface area contributed by atoms with Gasteiger partial charge in [0.1, 0.15) is 5.75 Å². The van der Waals surface area contributed by atoms with Crippen LogP contribution < -0.4 is 19.8 Å². The zero-order chi connectivity index (χ0) is 27.4. The molecule has 1 heterocycles. The number of hydrogen-bond acceptors (Lipinski definition) is 7. The molecule has 4 rings (SSSR count). The van der Waals surface area contributed by atoms with Gasteiger partial charge in [0.25, 0.3) is 5.56 Å². The molecule has 0 aliphatic carbocycles. The summed E-state index contributed by atoms with van der Waals surface area (Å²) in [7, 11) is 3.10. The molecule has 9 nitrogen and oxygen atoms in total. The van der Waals surface area contributed by atoms with E-state index in [1.807, 2.05) is 25.1 Å². The van der Waals surface area contributed by atoms with Gasteiger partial charge in [-0.2, -0.15) is 9.78 Å². The summed E-state index contributed by atoms with van der Waals surface area (Å²) in [6.45, 7) is 5.60. The summed E-state index contributed by atoms with van der Waals surface area (Å²) in [5.41, 5.74) is 3.53. The maximum Gasteiger partial charge on any atom is 0.341 e. The first-order valence-electron chi connectivity index (χ1n) is 12.0. The molecule has 0 saturated carbocycles. The van der Waals surface area contributed by atoms with E-state index >= 15 is 0 Å². The van der Waals surface area contributed by atoms with Gasteiger partial charge in [0.15, 0.2) is 23.9 Å². The molecule has 0 saturated heterocycles. The molecule has 196 valence electrons. The molecular weight excluding hydrogens is 486 g/mol. The predicted molar refractivity (Wildman–Crippen MR) is 146 cm³/mol. The number of para-hydroxylation sites is 1. The minimum atomic E-state index is -1.09. The van der Waals surface area contributed by atoms with Gasteiger partial charge in [0.05, 0.1) is 31.3 Å². The number of aryl methyl sites for hydroxylation is 1. The van der Waals surface area contributed by atoms with Crippen LogP contribution in [-0.2, 0) is 4.79 Å². The van der Waals surface area contributed by atoms with Crippen molar-refractivity contribution < 1.29 is 24.1 Å². The van der Waals surface area contributed by atoms with Crippen molar-refractivity contribution >= 4 is 23.1 Å². The Morgan fingerprint density at radius 3 is 2.47 bits per heavy atom. The third-order valence-corrected chi connectivity index (χ3v) is 6.05. The second-order valence-corrected chi connectivity index (χ2v) is 8.97. The van der Waals surface area contributed by atoms with Crippen molar-refractivity contribution in [2.45, 2.75) is 26.7 Å². The number of benzene rings is 3. The Morgan fingerprint density at radius 1 is 1.05 bits per heavy atom. The van der Waals surface area contributed by atoms with Crippen LogP contribution >= 0.6 is 0 Å². The Labute approximate surface area is 219 Å². The van der Waals surface area contributed by atoms with Crippen LogP contribution in [0.15, 0.2) is 64.5 Å². The molecule has 1 N–H and O–H groups in total. The number of carboxylic acids is 1. The smallest absolute Gasteiger partial charge is 0.341 e. The van der Waals surface area contributed by atoms with E-state index in [1.54, 1.807) is 43.5 Å². The summed E-state index contributed by atoms with van der Waals surface area (Å²) in [6, 6.07) is 16.0. The molecule has 0 unspecified atom stereocenters. The standard InChI is InChI=1S/C29H29N3O6/c1-17(2)21-14-22(18(3)12-25(21)36-4)28-31-23-9-7-6-8-20(23)29(35)32(28)30-15-19-10-11-24(26(13-19)37-5)38-16-27(33)34/h6-15,17H,16H2,1-5H3,(H,33,34). The molecule has 1 aromatic heterocycles. The SMILES string of the molecule is COc1cc(C=Nn2c(-c3cc(C(C)C)c(OC)cc3C)nc3ccccc3c2=O)ccc1OCC(=O)O. The van der Waals surface area contributed by atoms with Gasteiger partial charge < -0.3 is 19.3 Å².